The molecule has 0 saturated heterocycles. The zero-order valence-electron chi connectivity index (χ0n) is 11.5. The molecule has 0 aromatic carbocycles. The number of hydrogen-bond donors (Lipinski definition) is 0. The number of methoxy groups -OCH3 is 1. The first kappa shape index (κ1) is 16.2. The van der Waals surface area contributed by atoms with Crippen LogP contribution in [0, 0.1) is 5.92 Å². The van der Waals surface area contributed by atoms with Gasteiger partial charge in [-0.2, -0.15) is 0 Å². The lowest BCUT2D eigenvalue weighted by Gasteiger charge is -2.19. The van der Waals surface area contributed by atoms with Gasteiger partial charge in [0, 0.05) is 19.1 Å². The molecule has 0 radical (unpaired) electrons. The quantitative estimate of drug-likeness (QED) is 0.368. The van der Waals surface area contributed by atoms with Crippen LogP contribution in [0.4, 0.5) is 0 Å². The molecule has 18 heavy (non-hydrogen) atoms. The van der Waals surface area contributed by atoms with E-state index in [0.717, 1.165) is 13.0 Å². The Balaban J connectivity index is 1.93. The first-order valence-electron chi connectivity index (χ1n) is 7.13. The van der Waals surface area contributed by atoms with Crippen molar-refractivity contribution in [1.82, 2.24) is 0 Å². The van der Waals surface area contributed by atoms with E-state index in [9.17, 15) is 0 Å². The number of halogens is 1. The lowest BCUT2D eigenvalue weighted by molar-refractivity contribution is 0.0216. The van der Waals surface area contributed by atoms with Crippen molar-refractivity contribution in [3.05, 3.63) is 0 Å². The van der Waals surface area contributed by atoms with Crippen LogP contribution in [0.25, 0.3) is 0 Å². The van der Waals surface area contributed by atoms with Crippen molar-refractivity contribution >= 4 is 11.6 Å². The van der Waals surface area contributed by atoms with Gasteiger partial charge in [-0.15, -0.1) is 11.6 Å². The Bertz CT molecular complexity index is 190. The lowest BCUT2D eigenvalue weighted by Crippen LogP contribution is -2.16. The van der Waals surface area contributed by atoms with Gasteiger partial charge < -0.3 is 14.2 Å². The maximum Gasteiger partial charge on any atom is 0.0701 e. The third kappa shape index (κ3) is 7.57. The Morgan fingerprint density at radius 1 is 0.889 bits per heavy atom. The van der Waals surface area contributed by atoms with E-state index in [4.69, 9.17) is 25.8 Å². The molecular weight excluding hydrogens is 252 g/mol. The predicted molar refractivity (Wildman–Crippen MR) is 74.3 cm³/mol. The van der Waals surface area contributed by atoms with Gasteiger partial charge in [0.15, 0.2) is 0 Å². The summed E-state index contributed by atoms with van der Waals surface area (Å²) in [5, 5.41) is 0.356. The molecule has 0 heterocycles. The molecule has 0 aromatic rings. The number of ether oxygens (including phenoxy) is 3. The highest BCUT2D eigenvalue weighted by atomic mass is 35.5. The lowest BCUT2D eigenvalue weighted by atomic mass is 9.97. The number of hydrogen-bond acceptors (Lipinski definition) is 3. The smallest absolute Gasteiger partial charge is 0.0701 e. The third-order valence-electron chi connectivity index (χ3n) is 3.50. The van der Waals surface area contributed by atoms with Crippen LogP contribution in [0.15, 0.2) is 0 Å². The van der Waals surface area contributed by atoms with Crippen molar-refractivity contribution in [2.45, 2.75) is 43.9 Å². The van der Waals surface area contributed by atoms with E-state index in [1.54, 1.807) is 7.11 Å². The van der Waals surface area contributed by atoms with Gasteiger partial charge in [-0.05, 0) is 25.2 Å². The molecule has 1 aliphatic rings. The highest BCUT2D eigenvalue weighted by molar-refractivity contribution is 6.20. The minimum Gasteiger partial charge on any atom is -0.382 e. The van der Waals surface area contributed by atoms with Gasteiger partial charge in [0.25, 0.3) is 0 Å². The van der Waals surface area contributed by atoms with Crippen LogP contribution in [0.2, 0.25) is 0 Å². The first-order chi connectivity index (χ1) is 8.84. The van der Waals surface area contributed by atoms with Gasteiger partial charge in [0.05, 0.1) is 26.4 Å². The van der Waals surface area contributed by atoms with Crippen LogP contribution >= 0.6 is 11.6 Å². The summed E-state index contributed by atoms with van der Waals surface area (Å²) < 4.78 is 15.8. The fourth-order valence-electron chi connectivity index (χ4n) is 2.36. The molecule has 0 amide bonds. The van der Waals surface area contributed by atoms with Gasteiger partial charge in [-0.25, -0.2) is 0 Å². The summed E-state index contributed by atoms with van der Waals surface area (Å²) in [5.74, 6) is 0.642. The van der Waals surface area contributed by atoms with Crippen molar-refractivity contribution < 1.29 is 14.2 Å². The van der Waals surface area contributed by atoms with Crippen LogP contribution < -0.4 is 0 Å². The Hall–Kier alpha value is 0.170. The predicted octanol–water partition coefficient (Wildman–Crippen LogP) is 3.24. The van der Waals surface area contributed by atoms with Crippen molar-refractivity contribution in [3.63, 3.8) is 0 Å². The monoisotopic (exact) mass is 278 g/mol. The highest BCUT2D eigenvalue weighted by Crippen LogP contribution is 2.29. The van der Waals surface area contributed by atoms with E-state index < -0.39 is 0 Å². The maximum atomic E-state index is 6.39. The molecule has 0 bridgehead atoms. The zero-order valence-corrected chi connectivity index (χ0v) is 12.3. The topological polar surface area (TPSA) is 27.7 Å². The van der Waals surface area contributed by atoms with E-state index in [-0.39, 0.29) is 0 Å². The second kappa shape index (κ2) is 11.0. The molecule has 3 nitrogen and oxygen atoms in total. The Kier molecular flexibility index (Phi) is 9.95. The average molecular weight is 279 g/mol. The van der Waals surface area contributed by atoms with Gasteiger partial charge in [0.1, 0.15) is 0 Å². The summed E-state index contributed by atoms with van der Waals surface area (Å²) in [6.07, 6.45) is 7.49. The van der Waals surface area contributed by atoms with E-state index in [0.29, 0.717) is 37.7 Å². The van der Waals surface area contributed by atoms with Crippen molar-refractivity contribution in [1.29, 1.82) is 0 Å². The Morgan fingerprint density at radius 2 is 1.56 bits per heavy atom. The van der Waals surface area contributed by atoms with Crippen LogP contribution in [-0.4, -0.2) is 45.5 Å². The molecule has 4 heteroatoms. The fraction of sp³-hybridized carbons (Fsp3) is 1.00. The van der Waals surface area contributed by atoms with Crippen molar-refractivity contribution in [2.75, 3.05) is 40.1 Å². The molecule has 1 rings (SSSR count). The number of rotatable bonds is 9. The first-order valence-corrected chi connectivity index (χ1v) is 7.56. The maximum absolute atomic E-state index is 6.39. The molecule has 1 aliphatic carbocycles. The van der Waals surface area contributed by atoms with Crippen LogP contribution in [0.3, 0.4) is 0 Å². The fourth-order valence-corrected chi connectivity index (χ4v) is 2.77. The standard InChI is InChI=1S/C14H27ClO3/c1-16-9-10-18-12-11-17-8-7-13-5-3-2-4-6-14(13)15/h13-14H,2-12H2,1H3. The van der Waals surface area contributed by atoms with Crippen molar-refractivity contribution in [2.24, 2.45) is 5.92 Å². The van der Waals surface area contributed by atoms with Gasteiger partial charge in [-0.1, -0.05) is 19.3 Å². The summed E-state index contributed by atoms with van der Waals surface area (Å²) in [7, 11) is 1.68. The minimum atomic E-state index is 0.356. The van der Waals surface area contributed by atoms with E-state index in [1.165, 1.54) is 32.1 Å². The Labute approximate surface area is 116 Å². The zero-order chi connectivity index (χ0) is 13.1. The summed E-state index contributed by atoms with van der Waals surface area (Å²) in [6, 6.07) is 0. The second-order valence-electron chi connectivity index (χ2n) is 4.92. The van der Waals surface area contributed by atoms with E-state index in [1.807, 2.05) is 0 Å². The van der Waals surface area contributed by atoms with Crippen molar-refractivity contribution in [3.8, 4) is 0 Å². The number of alkyl halides is 1. The molecule has 1 saturated carbocycles. The van der Waals surface area contributed by atoms with E-state index in [2.05, 4.69) is 0 Å². The molecule has 2 atom stereocenters. The largest absolute Gasteiger partial charge is 0.382 e. The summed E-state index contributed by atoms with van der Waals surface area (Å²) in [5.41, 5.74) is 0. The minimum absolute atomic E-state index is 0.356. The summed E-state index contributed by atoms with van der Waals surface area (Å²) in [6.45, 7) is 3.42. The van der Waals surface area contributed by atoms with Gasteiger partial charge in [0.2, 0.25) is 0 Å². The van der Waals surface area contributed by atoms with Crippen LogP contribution in [0.5, 0.6) is 0 Å². The molecule has 0 spiro atoms. The SMILES string of the molecule is COCCOCCOCCC1CCCCCC1Cl. The highest BCUT2D eigenvalue weighted by Gasteiger charge is 2.21. The normalized spacial score (nSPS) is 25.0. The molecule has 0 aromatic heterocycles. The molecule has 0 aliphatic heterocycles. The second-order valence-corrected chi connectivity index (χ2v) is 5.48. The van der Waals surface area contributed by atoms with E-state index >= 15 is 0 Å². The van der Waals surface area contributed by atoms with Crippen LogP contribution in [0.1, 0.15) is 38.5 Å². The molecule has 2 unspecified atom stereocenters. The summed E-state index contributed by atoms with van der Waals surface area (Å²) in [4.78, 5) is 0. The molecular formula is C14H27ClO3. The third-order valence-corrected chi connectivity index (χ3v) is 4.08. The van der Waals surface area contributed by atoms with Gasteiger partial charge >= 0.3 is 0 Å². The summed E-state index contributed by atoms with van der Waals surface area (Å²) >= 11 is 6.39. The van der Waals surface area contributed by atoms with Crippen LogP contribution in [-0.2, 0) is 14.2 Å². The average Bonchev–Trinajstić information content (AvgIpc) is 2.58. The molecule has 1 fully saturated rings. The van der Waals surface area contributed by atoms with Gasteiger partial charge in [-0.3, -0.25) is 0 Å². The Morgan fingerprint density at radius 3 is 2.33 bits per heavy atom. The molecule has 0 N–H and O–H groups in total. The molecule has 108 valence electrons.